The molecule has 1 aromatic carbocycles. The molecular weight excluding hydrogens is 227 g/mol. The van der Waals surface area contributed by atoms with Crippen molar-refractivity contribution < 1.29 is 18.1 Å². The molecule has 2 aromatic rings. The average Bonchev–Trinajstić information content (AvgIpc) is 2.41. The number of hydrogen-bond acceptors (Lipinski definition) is 3. The van der Waals surface area contributed by atoms with Crippen LogP contribution in [0.4, 0.5) is 18.9 Å². The predicted octanol–water partition coefficient (Wildman–Crippen LogP) is 1.90. The first-order valence-electron chi connectivity index (χ1n) is 4.08. The highest BCUT2D eigenvalue weighted by Gasteiger charge is 2.28. The van der Waals surface area contributed by atoms with Crippen molar-refractivity contribution in [2.75, 3.05) is 0 Å². The van der Waals surface area contributed by atoms with Gasteiger partial charge in [0.2, 0.25) is 17.6 Å². The van der Waals surface area contributed by atoms with Crippen LogP contribution in [0.5, 0.6) is 0 Å². The molecule has 5 nitrogen and oxygen atoms in total. The van der Waals surface area contributed by atoms with Crippen LogP contribution < -0.4 is 0 Å². The van der Waals surface area contributed by atoms with Gasteiger partial charge in [0.1, 0.15) is 5.52 Å². The molecule has 0 aliphatic rings. The molecule has 0 aliphatic heterocycles. The van der Waals surface area contributed by atoms with Crippen molar-refractivity contribution in [3.63, 3.8) is 0 Å². The van der Waals surface area contributed by atoms with Crippen LogP contribution in [0.2, 0.25) is 0 Å². The quantitative estimate of drug-likeness (QED) is 0.556. The van der Waals surface area contributed by atoms with E-state index in [1.54, 1.807) is 0 Å². The van der Waals surface area contributed by atoms with Crippen molar-refractivity contribution >= 4 is 16.6 Å². The number of hydrogen-bond donors (Lipinski definition) is 0. The molecule has 8 heteroatoms. The van der Waals surface area contributed by atoms with Crippen LogP contribution in [0.15, 0.2) is 6.07 Å². The van der Waals surface area contributed by atoms with E-state index in [0.29, 0.717) is 10.7 Å². The zero-order valence-corrected chi connectivity index (χ0v) is 7.87. The molecule has 0 aliphatic carbocycles. The van der Waals surface area contributed by atoms with Gasteiger partial charge in [0.25, 0.3) is 0 Å². The van der Waals surface area contributed by atoms with Crippen LogP contribution in [0.1, 0.15) is 0 Å². The van der Waals surface area contributed by atoms with Crippen molar-refractivity contribution in [3.05, 3.63) is 33.8 Å². The van der Waals surface area contributed by atoms with Gasteiger partial charge in [-0.25, -0.2) is 4.68 Å². The van der Waals surface area contributed by atoms with Crippen LogP contribution in [-0.2, 0) is 7.05 Å². The first-order chi connectivity index (χ1) is 7.43. The van der Waals surface area contributed by atoms with Gasteiger partial charge in [-0.1, -0.05) is 0 Å². The lowest BCUT2D eigenvalue weighted by atomic mass is 10.2. The number of aromatic nitrogens is 2. The normalized spacial score (nSPS) is 11.0. The maximum Gasteiger partial charge on any atom is 0.341 e. The Labute approximate surface area is 86.2 Å². The predicted molar refractivity (Wildman–Crippen MR) is 47.2 cm³/mol. The minimum atomic E-state index is -1.55. The molecule has 1 aromatic heterocycles. The Morgan fingerprint density at radius 1 is 1.44 bits per heavy atom. The number of aryl methyl sites for hydroxylation is 1. The lowest BCUT2D eigenvalue weighted by molar-refractivity contribution is -0.390. The number of rotatable bonds is 1. The fraction of sp³-hybridized carbons (Fsp3) is 0.125. The van der Waals surface area contributed by atoms with Crippen LogP contribution in [-0.4, -0.2) is 14.7 Å². The van der Waals surface area contributed by atoms with E-state index in [0.717, 1.165) is 0 Å². The summed E-state index contributed by atoms with van der Waals surface area (Å²) in [6.07, 6.45) is 0. The van der Waals surface area contributed by atoms with E-state index in [1.807, 2.05) is 0 Å². The molecular formula is C8H4F3N3O2. The Morgan fingerprint density at radius 2 is 2.06 bits per heavy atom. The zero-order chi connectivity index (χ0) is 12.0. The van der Waals surface area contributed by atoms with Gasteiger partial charge in [-0.15, -0.1) is 0 Å². The van der Waals surface area contributed by atoms with E-state index in [2.05, 4.69) is 5.10 Å². The molecule has 0 saturated carbocycles. The summed E-state index contributed by atoms with van der Waals surface area (Å²) < 4.78 is 40.6. The minimum absolute atomic E-state index is 0.305. The van der Waals surface area contributed by atoms with Crippen molar-refractivity contribution in [1.29, 1.82) is 0 Å². The fourth-order valence-corrected chi connectivity index (χ4v) is 1.41. The molecule has 16 heavy (non-hydrogen) atoms. The summed E-state index contributed by atoms with van der Waals surface area (Å²) in [6, 6.07) is 0.625. The first-order valence-corrected chi connectivity index (χ1v) is 4.08. The summed E-state index contributed by atoms with van der Waals surface area (Å²) >= 11 is 0. The topological polar surface area (TPSA) is 61.0 Å². The van der Waals surface area contributed by atoms with Gasteiger partial charge < -0.3 is 0 Å². The number of nitro groups is 1. The zero-order valence-electron chi connectivity index (χ0n) is 7.87. The lowest BCUT2D eigenvalue weighted by Crippen LogP contribution is -1.98. The summed E-state index contributed by atoms with van der Waals surface area (Å²) in [5.74, 6) is -4.02. The van der Waals surface area contributed by atoms with Crippen LogP contribution in [0.25, 0.3) is 10.9 Å². The molecule has 0 saturated heterocycles. The van der Waals surface area contributed by atoms with Gasteiger partial charge in [0.15, 0.2) is 0 Å². The molecule has 2 rings (SSSR count). The minimum Gasteiger partial charge on any atom is -0.258 e. The summed E-state index contributed by atoms with van der Waals surface area (Å²) in [5.41, 5.74) is -1.68. The second kappa shape index (κ2) is 3.19. The van der Waals surface area contributed by atoms with E-state index in [9.17, 15) is 23.3 Å². The second-order valence-electron chi connectivity index (χ2n) is 3.09. The molecule has 0 amide bonds. The van der Waals surface area contributed by atoms with Gasteiger partial charge in [0.05, 0.1) is 10.3 Å². The van der Waals surface area contributed by atoms with E-state index in [1.165, 1.54) is 7.05 Å². The number of nitro benzene ring substituents is 1. The molecule has 84 valence electrons. The molecule has 0 atom stereocenters. The Kier molecular flexibility index (Phi) is 2.07. The molecule has 0 bridgehead atoms. The van der Waals surface area contributed by atoms with Crippen LogP contribution in [0, 0.1) is 27.7 Å². The number of nitrogens with zero attached hydrogens (tertiary/aromatic N) is 3. The molecule has 0 radical (unpaired) electrons. The molecule has 1 heterocycles. The summed E-state index contributed by atoms with van der Waals surface area (Å²) in [7, 11) is 1.18. The second-order valence-corrected chi connectivity index (χ2v) is 3.09. The van der Waals surface area contributed by atoms with Crippen molar-refractivity contribution in [2.24, 2.45) is 7.05 Å². The monoisotopic (exact) mass is 231 g/mol. The smallest absolute Gasteiger partial charge is 0.258 e. The SMILES string of the molecule is Cn1nc2cc(F)c([N+](=O)[O-])c(F)c2c1F. The number of fused-ring (bicyclic) bond motifs is 1. The Hall–Kier alpha value is -2.12. The van der Waals surface area contributed by atoms with Gasteiger partial charge in [-0.05, 0) is 0 Å². The maximum absolute atomic E-state index is 13.5. The summed E-state index contributed by atoms with van der Waals surface area (Å²) in [4.78, 5) is 9.14. The summed E-state index contributed by atoms with van der Waals surface area (Å²) in [5, 5.41) is 13.2. The van der Waals surface area contributed by atoms with Gasteiger partial charge >= 0.3 is 5.69 Å². The van der Waals surface area contributed by atoms with Crippen LogP contribution >= 0.6 is 0 Å². The fourth-order valence-electron chi connectivity index (χ4n) is 1.41. The molecule has 0 spiro atoms. The van der Waals surface area contributed by atoms with Crippen molar-refractivity contribution in [3.8, 4) is 0 Å². The molecule has 0 unspecified atom stereocenters. The highest BCUT2D eigenvalue weighted by atomic mass is 19.1. The van der Waals surface area contributed by atoms with Gasteiger partial charge in [0, 0.05) is 13.1 Å². The van der Waals surface area contributed by atoms with Gasteiger partial charge in [-0.3, -0.25) is 10.1 Å². The molecule has 0 N–H and O–H groups in total. The van der Waals surface area contributed by atoms with E-state index in [4.69, 9.17) is 0 Å². The lowest BCUT2D eigenvalue weighted by Gasteiger charge is -1.96. The van der Waals surface area contributed by atoms with Gasteiger partial charge in [-0.2, -0.15) is 18.3 Å². The highest BCUT2D eigenvalue weighted by Crippen LogP contribution is 2.30. The van der Waals surface area contributed by atoms with E-state index < -0.39 is 33.6 Å². The third kappa shape index (κ3) is 1.23. The van der Waals surface area contributed by atoms with Crippen molar-refractivity contribution in [2.45, 2.75) is 0 Å². The maximum atomic E-state index is 13.5. The Balaban J connectivity index is 2.96. The Morgan fingerprint density at radius 3 is 2.62 bits per heavy atom. The first kappa shape index (κ1) is 10.4. The standard InChI is InChI=1S/C8H4F3N3O2/c1-13-8(11)5-4(12-13)2-3(9)7(6(5)10)14(15)16/h2H,1H3. The van der Waals surface area contributed by atoms with E-state index in [-0.39, 0.29) is 5.52 Å². The third-order valence-corrected chi connectivity index (χ3v) is 2.10. The van der Waals surface area contributed by atoms with E-state index >= 15 is 0 Å². The molecule has 0 fully saturated rings. The van der Waals surface area contributed by atoms with Crippen molar-refractivity contribution in [1.82, 2.24) is 9.78 Å². The third-order valence-electron chi connectivity index (χ3n) is 2.10. The Bertz CT molecular complexity index is 608. The largest absolute Gasteiger partial charge is 0.341 e. The number of benzene rings is 1. The highest BCUT2D eigenvalue weighted by molar-refractivity contribution is 5.82. The van der Waals surface area contributed by atoms with Crippen LogP contribution in [0.3, 0.4) is 0 Å². The summed E-state index contributed by atoms with van der Waals surface area (Å²) in [6.45, 7) is 0. The number of halogens is 3. The average molecular weight is 231 g/mol.